The van der Waals surface area contributed by atoms with E-state index in [-0.39, 0.29) is 6.54 Å². The van der Waals surface area contributed by atoms with E-state index in [2.05, 4.69) is 5.32 Å². The van der Waals surface area contributed by atoms with Gasteiger partial charge in [0.15, 0.2) is 0 Å². The normalized spacial score (nSPS) is 12.2. The Balaban J connectivity index is 2.00. The van der Waals surface area contributed by atoms with Gasteiger partial charge in [-0.3, -0.25) is 0 Å². The van der Waals surface area contributed by atoms with E-state index in [0.717, 1.165) is 16.5 Å². The molecule has 0 saturated heterocycles. The highest BCUT2D eigenvalue weighted by atomic mass is 19.4. The number of nitrogens with one attached hydrogen (secondary N) is 1. The molecule has 0 aliphatic rings. The minimum Gasteiger partial charge on any atom is -0.350 e. The van der Waals surface area contributed by atoms with Crippen LogP contribution in [0.2, 0.25) is 0 Å². The smallest absolute Gasteiger partial charge is 0.350 e. The molecule has 0 aliphatic carbocycles. The van der Waals surface area contributed by atoms with Crippen LogP contribution in [0.1, 0.15) is 12.0 Å². The van der Waals surface area contributed by atoms with E-state index in [1.165, 1.54) is 0 Å². The molecule has 2 rings (SSSR count). The number of rotatable bonds is 4. The first kappa shape index (κ1) is 13.0. The number of para-hydroxylation sites is 1. The first-order valence-corrected chi connectivity index (χ1v) is 5.78. The first-order valence-electron chi connectivity index (χ1n) is 5.78. The highest BCUT2D eigenvalue weighted by Crippen LogP contribution is 2.21. The Kier molecular flexibility index (Phi) is 3.61. The van der Waals surface area contributed by atoms with Crippen LogP contribution >= 0.6 is 0 Å². The SMILES string of the molecule is Cn1cc(CNCCC(F)(F)F)c2ccccc21. The molecule has 0 bridgehead atoms. The summed E-state index contributed by atoms with van der Waals surface area (Å²) in [4.78, 5) is 0. The summed E-state index contributed by atoms with van der Waals surface area (Å²) in [5.74, 6) is 0. The van der Waals surface area contributed by atoms with Crippen LogP contribution in [0, 0.1) is 0 Å². The number of aromatic nitrogens is 1. The molecule has 0 radical (unpaired) electrons. The lowest BCUT2D eigenvalue weighted by Crippen LogP contribution is -2.21. The van der Waals surface area contributed by atoms with Crippen LogP contribution in [-0.4, -0.2) is 17.3 Å². The lowest BCUT2D eigenvalue weighted by Gasteiger charge is -2.07. The molecule has 0 amide bonds. The third kappa shape index (κ3) is 3.04. The van der Waals surface area contributed by atoms with Gasteiger partial charge in [0.2, 0.25) is 0 Å². The Morgan fingerprint density at radius 1 is 1.22 bits per heavy atom. The Hall–Kier alpha value is -1.49. The monoisotopic (exact) mass is 256 g/mol. The lowest BCUT2D eigenvalue weighted by molar-refractivity contribution is -0.133. The molecule has 0 unspecified atom stereocenters. The molecule has 1 aromatic carbocycles. The minimum atomic E-state index is -4.09. The van der Waals surface area contributed by atoms with Crippen LogP contribution in [0.4, 0.5) is 13.2 Å². The van der Waals surface area contributed by atoms with Crippen molar-refractivity contribution in [3.63, 3.8) is 0 Å². The number of nitrogens with zero attached hydrogens (tertiary/aromatic N) is 1. The summed E-state index contributed by atoms with van der Waals surface area (Å²) in [5.41, 5.74) is 2.11. The van der Waals surface area contributed by atoms with E-state index in [4.69, 9.17) is 0 Å². The third-order valence-electron chi connectivity index (χ3n) is 2.88. The van der Waals surface area contributed by atoms with Gasteiger partial charge < -0.3 is 9.88 Å². The van der Waals surface area contributed by atoms with Crippen molar-refractivity contribution < 1.29 is 13.2 Å². The molecule has 5 heteroatoms. The highest BCUT2D eigenvalue weighted by molar-refractivity contribution is 5.83. The molecule has 2 aromatic rings. The summed E-state index contributed by atoms with van der Waals surface area (Å²) in [6, 6.07) is 7.86. The quantitative estimate of drug-likeness (QED) is 0.831. The number of hydrogen-bond donors (Lipinski definition) is 1. The number of aryl methyl sites for hydroxylation is 1. The van der Waals surface area contributed by atoms with E-state index in [0.29, 0.717) is 6.54 Å². The number of fused-ring (bicyclic) bond motifs is 1. The summed E-state index contributed by atoms with van der Waals surface area (Å²) < 4.78 is 38.0. The van der Waals surface area contributed by atoms with E-state index < -0.39 is 12.6 Å². The molecular formula is C13H15F3N2. The number of halogens is 3. The van der Waals surface area contributed by atoms with E-state index in [1.54, 1.807) is 0 Å². The molecule has 0 aliphatic heterocycles. The van der Waals surface area contributed by atoms with Crippen molar-refractivity contribution in [2.75, 3.05) is 6.54 Å². The molecule has 98 valence electrons. The molecule has 0 saturated carbocycles. The van der Waals surface area contributed by atoms with Crippen molar-refractivity contribution >= 4 is 10.9 Å². The number of alkyl halides is 3. The van der Waals surface area contributed by atoms with E-state index in [1.807, 2.05) is 42.1 Å². The van der Waals surface area contributed by atoms with Gasteiger partial charge in [-0.15, -0.1) is 0 Å². The fourth-order valence-corrected chi connectivity index (χ4v) is 2.02. The maximum atomic E-state index is 12.0. The fraction of sp³-hybridized carbons (Fsp3) is 0.385. The van der Waals surface area contributed by atoms with Crippen molar-refractivity contribution in [3.8, 4) is 0 Å². The maximum Gasteiger partial charge on any atom is 0.390 e. The zero-order chi connectivity index (χ0) is 13.2. The molecule has 0 spiro atoms. The van der Waals surface area contributed by atoms with Gasteiger partial charge in [-0.25, -0.2) is 0 Å². The second-order valence-electron chi connectivity index (χ2n) is 4.32. The average molecular weight is 256 g/mol. The molecular weight excluding hydrogens is 241 g/mol. The Morgan fingerprint density at radius 2 is 1.94 bits per heavy atom. The Labute approximate surface area is 103 Å². The van der Waals surface area contributed by atoms with E-state index >= 15 is 0 Å². The second-order valence-corrected chi connectivity index (χ2v) is 4.32. The minimum absolute atomic E-state index is 0.0489. The van der Waals surface area contributed by atoms with Gasteiger partial charge in [0.05, 0.1) is 6.42 Å². The summed E-state index contributed by atoms with van der Waals surface area (Å²) in [6.45, 7) is 0.407. The van der Waals surface area contributed by atoms with Gasteiger partial charge in [-0.2, -0.15) is 13.2 Å². The Morgan fingerprint density at radius 3 is 2.67 bits per heavy atom. The Bertz CT molecular complexity index is 529. The standard InChI is InChI=1S/C13H15F3N2/c1-18-9-10(8-17-7-6-13(14,15)16)11-4-2-3-5-12(11)18/h2-5,9,17H,6-8H2,1H3. The summed E-state index contributed by atoms with van der Waals surface area (Å²) in [5, 5.41) is 3.91. The molecule has 1 aromatic heterocycles. The van der Waals surface area contributed by atoms with Gasteiger partial charge in [-0.1, -0.05) is 18.2 Å². The van der Waals surface area contributed by atoms with Crippen molar-refractivity contribution in [1.82, 2.24) is 9.88 Å². The van der Waals surface area contributed by atoms with Crippen LogP contribution in [0.25, 0.3) is 10.9 Å². The predicted octanol–water partition coefficient (Wildman–Crippen LogP) is 3.22. The summed E-state index contributed by atoms with van der Waals surface area (Å²) in [7, 11) is 1.93. The van der Waals surface area contributed by atoms with Gasteiger partial charge in [0.25, 0.3) is 0 Å². The molecule has 18 heavy (non-hydrogen) atoms. The van der Waals surface area contributed by atoms with Crippen LogP contribution in [0.5, 0.6) is 0 Å². The predicted molar refractivity (Wildman–Crippen MR) is 65.3 cm³/mol. The largest absolute Gasteiger partial charge is 0.390 e. The molecule has 1 N–H and O–H groups in total. The van der Waals surface area contributed by atoms with Crippen LogP contribution in [-0.2, 0) is 13.6 Å². The summed E-state index contributed by atoms with van der Waals surface area (Å²) >= 11 is 0. The number of benzene rings is 1. The van der Waals surface area contributed by atoms with Gasteiger partial charge in [0.1, 0.15) is 0 Å². The molecule has 2 nitrogen and oxygen atoms in total. The fourth-order valence-electron chi connectivity index (χ4n) is 2.02. The molecule has 1 heterocycles. The topological polar surface area (TPSA) is 17.0 Å². The average Bonchev–Trinajstić information content (AvgIpc) is 2.62. The van der Waals surface area contributed by atoms with Gasteiger partial charge in [-0.05, 0) is 11.6 Å². The maximum absolute atomic E-state index is 12.0. The van der Waals surface area contributed by atoms with Crippen LogP contribution in [0.15, 0.2) is 30.5 Å². The molecule has 0 atom stereocenters. The van der Waals surface area contributed by atoms with Crippen molar-refractivity contribution in [2.45, 2.75) is 19.1 Å². The van der Waals surface area contributed by atoms with Gasteiger partial charge >= 0.3 is 6.18 Å². The second kappa shape index (κ2) is 5.02. The summed E-state index contributed by atoms with van der Waals surface area (Å²) in [6.07, 6.45) is -2.94. The first-order chi connectivity index (χ1) is 8.47. The molecule has 0 fully saturated rings. The van der Waals surface area contributed by atoms with Crippen molar-refractivity contribution in [2.24, 2.45) is 7.05 Å². The zero-order valence-electron chi connectivity index (χ0n) is 10.1. The highest BCUT2D eigenvalue weighted by Gasteiger charge is 2.25. The zero-order valence-corrected chi connectivity index (χ0v) is 10.1. The number of hydrogen-bond acceptors (Lipinski definition) is 1. The van der Waals surface area contributed by atoms with Gasteiger partial charge in [0, 0.05) is 37.2 Å². The van der Waals surface area contributed by atoms with Crippen molar-refractivity contribution in [1.29, 1.82) is 0 Å². The lowest BCUT2D eigenvalue weighted by atomic mass is 10.2. The van der Waals surface area contributed by atoms with E-state index in [9.17, 15) is 13.2 Å². The third-order valence-corrected chi connectivity index (χ3v) is 2.88. The van der Waals surface area contributed by atoms with Crippen LogP contribution in [0.3, 0.4) is 0 Å². The van der Waals surface area contributed by atoms with Crippen molar-refractivity contribution in [3.05, 3.63) is 36.0 Å². The van der Waals surface area contributed by atoms with Crippen LogP contribution < -0.4 is 5.32 Å².